The smallest absolute Gasteiger partial charge is 0.251 e. The second-order valence-electron chi connectivity index (χ2n) is 4.25. The zero-order valence-electron chi connectivity index (χ0n) is 11.4. The fourth-order valence-electron chi connectivity index (χ4n) is 1.65. The zero-order chi connectivity index (χ0) is 15.2. The number of hydrogen-bond donors (Lipinski definition) is 2. The minimum absolute atomic E-state index is 0.162. The van der Waals surface area contributed by atoms with E-state index in [-0.39, 0.29) is 23.6 Å². The van der Waals surface area contributed by atoms with Gasteiger partial charge in [-0.25, -0.2) is 9.37 Å². The van der Waals surface area contributed by atoms with Gasteiger partial charge >= 0.3 is 0 Å². The molecule has 1 aromatic carbocycles. The van der Waals surface area contributed by atoms with Gasteiger partial charge < -0.3 is 11.1 Å². The highest BCUT2D eigenvalue weighted by atomic mass is 32.1. The molecule has 1 aromatic heterocycles. The Morgan fingerprint density at radius 3 is 2.95 bits per heavy atom. The lowest BCUT2D eigenvalue weighted by Crippen LogP contribution is -2.22. The topological polar surface area (TPSA) is 68.0 Å². The Balaban J connectivity index is 2.04. The van der Waals surface area contributed by atoms with E-state index in [9.17, 15) is 9.18 Å². The second-order valence-corrected chi connectivity index (χ2v) is 5.57. The molecule has 0 saturated carbocycles. The van der Waals surface area contributed by atoms with E-state index in [0.717, 1.165) is 9.88 Å². The number of nitrogens with zero attached hydrogens (tertiary/aromatic N) is 1. The quantitative estimate of drug-likeness (QED) is 0.850. The first-order valence-electron chi connectivity index (χ1n) is 6.28. The van der Waals surface area contributed by atoms with Crippen molar-refractivity contribution in [1.82, 2.24) is 10.3 Å². The molecule has 2 rings (SSSR count). The van der Waals surface area contributed by atoms with E-state index < -0.39 is 5.82 Å². The van der Waals surface area contributed by atoms with Crippen molar-refractivity contribution in [2.75, 3.05) is 6.54 Å². The summed E-state index contributed by atoms with van der Waals surface area (Å²) in [7, 11) is 0. The molecule has 4 nitrogen and oxygen atoms in total. The molecular formula is C15H14FN3OS. The van der Waals surface area contributed by atoms with Gasteiger partial charge in [0.15, 0.2) is 0 Å². The van der Waals surface area contributed by atoms with E-state index in [0.29, 0.717) is 6.54 Å². The molecule has 0 aliphatic rings. The van der Waals surface area contributed by atoms with Crippen LogP contribution in [0.15, 0.2) is 24.4 Å². The van der Waals surface area contributed by atoms with Crippen LogP contribution in [0.3, 0.4) is 0 Å². The number of nitrogens with two attached hydrogens (primary N) is 1. The van der Waals surface area contributed by atoms with Crippen LogP contribution in [0.4, 0.5) is 4.39 Å². The van der Waals surface area contributed by atoms with Gasteiger partial charge in [0.2, 0.25) is 0 Å². The van der Waals surface area contributed by atoms with Crippen molar-refractivity contribution in [2.45, 2.75) is 13.5 Å². The van der Waals surface area contributed by atoms with Crippen LogP contribution in [-0.2, 0) is 6.54 Å². The summed E-state index contributed by atoms with van der Waals surface area (Å²) in [5.41, 5.74) is 5.71. The minimum Gasteiger partial charge on any atom is -0.346 e. The van der Waals surface area contributed by atoms with Crippen LogP contribution in [0.25, 0.3) is 0 Å². The van der Waals surface area contributed by atoms with E-state index >= 15 is 0 Å². The molecule has 0 aliphatic heterocycles. The van der Waals surface area contributed by atoms with Gasteiger partial charge in [0, 0.05) is 16.6 Å². The highest BCUT2D eigenvalue weighted by Crippen LogP contribution is 2.12. The molecule has 0 atom stereocenters. The summed E-state index contributed by atoms with van der Waals surface area (Å²) in [4.78, 5) is 17.2. The predicted octanol–water partition coefficient (Wildman–Crippen LogP) is 1.83. The summed E-state index contributed by atoms with van der Waals surface area (Å²) < 4.78 is 13.8. The zero-order valence-corrected chi connectivity index (χ0v) is 12.3. The van der Waals surface area contributed by atoms with Gasteiger partial charge in [0.25, 0.3) is 5.91 Å². The molecule has 6 heteroatoms. The van der Waals surface area contributed by atoms with E-state index in [2.05, 4.69) is 22.1 Å². The highest BCUT2D eigenvalue weighted by Gasteiger charge is 2.09. The van der Waals surface area contributed by atoms with Crippen molar-refractivity contribution in [1.29, 1.82) is 0 Å². The average molecular weight is 303 g/mol. The van der Waals surface area contributed by atoms with Crippen molar-refractivity contribution in [3.63, 3.8) is 0 Å². The van der Waals surface area contributed by atoms with Crippen molar-refractivity contribution < 1.29 is 9.18 Å². The Morgan fingerprint density at radius 2 is 2.33 bits per heavy atom. The molecule has 0 saturated heterocycles. The van der Waals surface area contributed by atoms with Crippen molar-refractivity contribution in [2.24, 2.45) is 5.73 Å². The van der Waals surface area contributed by atoms with Gasteiger partial charge in [-0.1, -0.05) is 11.8 Å². The van der Waals surface area contributed by atoms with Crippen molar-refractivity contribution in [3.8, 4) is 11.8 Å². The van der Waals surface area contributed by atoms with Crippen molar-refractivity contribution >= 4 is 17.2 Å². The fraction of sp³-hybridized carbons (Fsp3) is 0.200. The Kier molecular flexibility index (Phi) is 5.04. The lowest BCUT2D eigenvalue weighted by molar-refractivity contribution is 0.0950. The summed E-state index contributed by atoms with van der Waals surface area (Å²) in [6.45, 7) is 2.43. The highest BCUT2D eigenvalue weighted by molar-refractivity contribution is 7.11. The normalized spacial score (nSPS) is 9.86. The number of aromatic nitrogens is 1. The number of halogens is 1. The van der Waals surface area contributed by atoms with Crippen LogP contribution in [0.2, 0.25) is 0 Å². The summed E-state index contributed by atoms with van der Waals surface area (Å²) in [5.74, 6) is 4.30. The van der Waals surface area contributed by atoms with Crippen LogP contribution in [0.5, 0.6) is 0 Å². The SMILES string of the molecule is Cc1cnc(CNC(=O)c2ccc(C#CCN)c(F)c2)s1. The Hall–Kier alpha value is -2.23. The van der Waals surface area contributed by atoms with Crippen molar-refractivity contribution in [3.05, 3.63) is 51.2 Å². The molecule has 0 bridgehead atoms. The second kappa shape index (κ2) is 6.97. The fourth-order valence-corrected chi connectivity index (χ4v) is 2.37. The van der Waals surface area contributed by atoms with E-state index in [1.165, 1.54) is 29.5 Å². The van der Waals surface area contributed by atoms with Crippen LogP contribution in [0, 0.1) is 24.6 Å². The molecule has 21 heavy (non-hydrogen) atoms. The van der Waals surface area contributed by atoms with Crippen LogP contribution in [0.1, 0.15) is 25.8 Å². The summed E-state index contributed by atoms with van der Waals surface area (Å²) in [6, 6.07) is 4.18. The number of aryl methyl sites for hydroxylation is 1. The lowest BCUT2D eigenvalue weighted by Gasteiger charge is -2.04. The third kappa shape index (κ3) is 4.12. The molecule has 1 amide bonds. The standard InChI is InChI=1S/C15H14FN3OS/c1-10-8-18-14(21-10)9-19-15(20)12-5-4-11(3-2-6-17)13(16)7-12/h4-5,7-8H,6,9,17H2,1H3,(H,19,20). The number of thiazole rings is 1. The molecule has 3 N–H and O–H groups in total. The Bertz CT molecular complexity index is 715. The predicted molar refractivity (Wildman–Crippen MR) is 80.4 cm³/mol. The number of benzene rings is 1. The van der Waals surface area contributed by atoms with Crippen LogP contribution >= 0.6 is 11.3 Å². The van der Waals surface area contributed by atoms with E-state index in [1.807, 2.05) is 6.92 Å². The maximum absolute atomic E-state index is 13.8. The monoisotopic (exact) mass is 303 g/mol. The lowest BCUT2D eigenvalue weighted by atomic mass is 10.1. The van der Waals surface area contributed by atoms with Gasteiger partial charge in [-0.3, -0.25) is 4.79 Å². The molecular weight excluding hydrogens is 289 g/mol. The number of carbonyl (C=O) groups excluding carboxylic acids is 1. The first kappa shape index (κ1) is 15.2. The third-order valence-electron chi connectivity index (χ3n) is 2.63. The summed E-state index contributed by atoms with van der Waals surface area (Å²) in [5, 5.41) is 3.52. The molecule has 0 fully saturated rings. The third-order valence-corrected chi connectivity index (χ3v) is 3.54. The summed E-state index contributed by atoms with van der Waals surface area (Å²) >= 11 is 1.51. The Morgan fingerprint density at radius 1 is 1.52 bits per heavy atom. The summed E-state index contributed by atoms with van der Waals surface area (Å²) in [6.07, 6.45) is 1.75. The molecule has 0 unspecified atom stereocenters. The van der Waals surface area contributed by atoms with Crippen LogP contribution < -0.4 is 11.1 Å². The van der Waals surface area contributed by atoms with Gasteiger partial charge in [0.05, 0.1) is 18.7 Å². The maximum atomic E-state index is 13.8. The Labute approximate surface area is 126 Å². The number of nitrogens with one attached hydrogen (secondary N) is 1. The molecule has 0 aliphatic carbocycles. The number of carbonyl (C=O) groups is 1. The molecule has 1 heterocycles. The maximum Gasteiger partial charge on any atom is 0.251 e. The van der Waals surface area contributed by atoms with E-state index in [1.54, 1.807) is 6.20 Å². The number of hydrogen-bond acceptors (Lipinski definition) is 4. The number of amides is 1. The van der Waals surface area contributed by atoms with Crippen LogP contribution in [-0.4, -0.2) is 17.4 Å². The molecule has 108 valence electrons. The molecule has 0 spiro atoms. The number of rotatable bonds is 3. The average Bonchev–Trinajstić information content (AvgIpc) is 2.89. The van der Waals surface area contributed by atoms with Gasteiger partial charge in [-0.2, -0.15) is 0 Å². The molecule has 2 aromatic rings. The van der Waals surface area contributed by atoms with E-state index in [4.69, 9.17) is 5.73 Å². The van der Waals surface area contributed by atoms with Gasteiger partial charge in [-0.15, -0.1) is 11.3 Å². The first-order valence-corrected chi connectivity index (χ1v) is 7.10. The molecule has 0 radical (unpaired) electrons. The minimum atomic E-state index is -0.534. The first-order chi connectivity index (χ1) is 10.1. The largest absolute Gasteiger partial charge is 0.346 e. The van der Waals surface area contributed by atoms with Gasteiger partial charge in [0.1, 0.15) is 10.8 Å². The van der Waals surface area contributed by atoms with Gasteiger partial charge in [-0.05, 0) is 25.1 Å².